The molecule has 63 heavy (non-hydrogen) atoms. The summed E-state index contributed by atoms with van der Waals surface area (Å²) in [4.78, 5) is 61.1. The SMILES string of the molecule is COC(=O)N[C@H](C(=O)N1[C@H](C)CC[C@H]1c1ncc(-c2ccc(-c3ccc(-c4nc([C@@H]5C[C@H]6CC6N5C(=O)[C@@H](NC(O)OC)C5CCCOC5)[nH]c4Cl)cc3)cc2)[nH]1)[C@@H]1CCCOC1. The number of hydrogen-bond donors (Lipinski definition) is 5. The minimum Gasteiger partial charge on any atom is -0.453 e. The van der Waals surface area contributed by atoms with Crippen LogP contribution in [0.2, 0.25) is 5.15 Å². The number of amides is 3. The molecule has 0 bridgehead atoms. The first-order valence-corrected chi connectivity index (χ1v) is 22.6. The van der Waals surface area contributed by atoms with E-state index >= 15 is 0 Å². The fraction of sp³-hybridized carbons (Fsp3) is 0.543. The number of alkyl carbamates (subject to hydrolysis) is 1. The van der Waals surface area contributed by atoms with Crippen molar-refractivity contribution in [2.24, 2.45) is 17.8 Å². The van der Waals surface area contributed by atoms with Crippen LogP contribution in [-0.4, -0.2) is 124 Å². The minimum absolute atomic E-state index is 0.0288. The van der Waals surface area contributed by atoms with Gasteiger partial charge in [0.2, 0.25) is 18.2 Å². The van der Waals surface area contributed by atoms with Crippen molar-refractivity contribution in [1.29, 1.82) is 0 Å². The van der Waals surface area contributed by atoms with Gasteiger partial charge in [-0.1, -0.05) is 60.1 Å². The molecule has 10 atom stereocenters. The minimum atomic E-state index is -1.27. The largest absolute Gasteiger partial charge is 0.453 e. The van der Waals surface area contributed by atoms with Crippen molar-refractivity contribution in [2.75, 3.05) is 40.6 Å². The number of carbonyl (C=O) groups excluding carboxylic acids is 3. The van der Waals surface area contributed by atoms with Crippen LogP contribution in [0.1, 0.15) is 82.0 Å². The Bertz CT molecular complexity index is 2240. The van der Waals surface area contributed by atoms with Gasteiger partial charge in [0.25, 0.3) is 0 Å². The first kappa shape index (κ1) is 43.4. The predicted octanol–water partition coefficient (Wildman–Crippen LogP) is 5.96. The van der Waals surface area contributed by atoms with E-state index in [2.05, 4.69) is 32.7 Å². The number of aromatic nitrogens is 4. The molecule has 16 nitrogen and oxygen atoms in total. The van der Waals surface area contributed by atoms with E-state index in [0.29, 0.717) is 54.8 Å². The molecule has 1 saturated carbocycles. The summed E-state index contributed by atoms with van der Waals surface area (Å²) in [5, 5.41) is 16.6. The van der Waals surface area contributed by atoms with Gasteiger partial charge in [-0.3, -0.25) is 14.9 Å². The van der Waals surface area contributed by atoms with E-state index in [-0.39, 0.29) is 47.8 Å². The maximum Gasteiger partial charge on any atom is 0.407 e. The number of H-pyrrole nitrogens is 2. The number of hydrogen-bond acceptors (Lipinski definition) is 11. The normalized spacial score (nSPS) is 27.1. The number of likely N-dealkylation sites (tertiary alicyclic amines) is 2. The number of nitrogens with zero attached hydrogens (tertiary/aromatic N) is 4. The number of rotatable bonds is 13. The lowest BCUT2D eigenvalue weighted by Gasteiger charge is -2.36. The molecule has 9 rings (SSSR count). The molecule has 2 aromatic heterocycles. The summed E-state index contributed by atoms with van der Waals surface area (Å²) in [5.74, 6) is 1.30. The summed E-state index contributed by atoms with van der Waals surface area (Å²) >= 11 is 6.83. The zero-order valence-corrected chi connectivity index (χ0v) is 36.7. The molecule has 0 spiro atoms. The molecule has 4 saturated heterocycles. The van der Waals surface area contributed by atoms with E-state index < -0.39 is 24.6 Å². The van der Waals surface area contributed by atoms with Crippen molar-refractivity contribution in [3.63, 3.8) is 0 Å². The van der Waals surface area contributed by atoms with Gasteiger partial charge < -0.3 is 49.1 Å². The summed E-state index contributed by atoms with van der Waals surface area (Å²) in [5.41, 5.74) is 5.32. The summed E-state index contributed by atoms with van der Waals surface area (Å²) < 4.78 is 21.4. The fourth-order valence-corrected chi connectivity index (χ4v) is 10.5. The number of methoxy groups -OCH3 is 2. The molecular weight excluding hydrogens is 828 g/mol. The van der Waals surface area contributed by atoms with Gasteiger partial charge >= 0.3 is 6.09 Å². The van der Waals surface area contributed by atoms with Crippen LogP contribution in [0, 0.1) is 17.8 Å². The van der Waals surface area contributed by atoms with Crippen LogP contribution < -0.4 is 10.6 Å². The van der Waals surface area contributed by atoms with Crippen molar-refractivity contribution in [1.82, 2.24) is 40.4 Å². The topological polar surface area (TPSA) is 196 Å². The van der Waals surface area contributed by atoms with Gasteiger partial charge in [0, 0.05) is 49.8 Å². The maximum absolute atomic E-state index is 14.3. The molecule has 336 valence electrons. The Labute approximate surface area is 371 Å². The highest BCUT2D eigenvalue weighted by Crippen LogP contribution is 2.54. The maximum atomic E-state index is 14.3. The Morgan fingerprint density at radius 3 is 2.08 bits per heavy atom. The average Bonchev–Trinajstić information content (AvgIpc) is 3.72. The van der Waals surface area contributed by atoms with Crippen LogP contribution in [0.25, 0.3) is 33.6 Å². The second-order valence-electron chi connectivity index (χ2n) is 17.7. The molecule has 4 aromatic rings. The molecular formula is C46H57ClN8O8. The Balaban J connectivity index is 0.874. The predicted molar refractivity (Wildman–Crippen MR) is 233 cm³/mol. The second-order valence-corrected chi connectivity index (χ2v) is 18.0. The summed E-state index contributed by atoms with van der Waals surface area (Å²) in [7, 11) is 2.70. The molecule has 3 amide bonds. The molecule has 1 aliphatic carbocycles. The Kier molecular flexibility index (Phi) is 12.9. The fourth-order valence-electron chi connectivity index (χ4n) is 10.3. The number of benzene rings is 2. The van der Waals surface area contributed by atoms with Gasteiger partial charge in [-0.15, -0.1) is 0 Å². The number of piperidine rings is 1. The van der Waals surface area contributed by atoms with Gasteiger partial charge in [0.15, 0.2) is 0 Å². The van der Waals surface area contributed by atoms with Crippen LogP contribution in [0.4, 0.5) is 4.79 Å². The molecule has 3 unspecified atom stereocenters. The first-order valence-electron chi connectivity index (χ1n) is 22.2. The third-order valence-corrected chi connectivity index (χ3v) is 14.0. The van der Waals surface area contributed by atoms with Crippen molar-refractivity contribution < 1.29 is 38.4 Å². The third-order valence-electron chi connectivity index (χ3n) is 13.7. The number of ether oxygens (including phenoxy) is 4. The Hall–Kier alpha value is -4.84. The zero-order chi connectivity index (χ0) is 43.8. The van der Waals surface area contributed by atoms with E-state index in [4.69, 9.17) is 40.5 Å². The van der Waals surface area contributed by atoms with Crippen LogP contribution in [0.3, 0.4) is 0 Å². The first-order chi connectivity index (χ1) is 30.6. The molecule has 6 heterocycles. The molecule has 17 heteroatoms. The third kappa shape index (κ3) is 8.98. The van der Waals surface area contributed by atoms with E-state index in [1.54, 1.807) is 0 Å². The van der Waals surface area contributed by atoms with Gasteiger partial charge in [0.1, 0.15) is 28.5 Å². The van der Waals surface area contributed by atoms with Crippen LogP contribution >= 0.6 is 11.6 Å². The van der Waals surface area contributed by atoms with Gasteiger partial charge in [-0.05, 0) is 80.9 Å². The van der Waals surface area contributed by atoms with E-state index in [9.17, 15) is 19.5 Å². The second kappa shape index (κ2) is 18.7. The molecule has 0 radical (unpaired) electrons. The molecule has 5 aliphatic rings. The lowest BCUT2D eigenvalue weighted by Crippen LogP contribution is -2.56. The van der Waals surface area contributed by atoms with Gasteiger partial charge in [-0.25, -0.2) is 14.8 Å². The number of aliphatic hydroxyl groups excluding tert-OH is 1. The number of aromatic amines is 2. The van der Waals surface area contributed by atoms with E-state index in [1.165, 1.54) is 14.2 Å². The highest BCUT2D eigenvalue weighted by atomic mass is 35.5. The highest BCUT2D eigenvalue weighted by Gasteiger charge is 2.57. The number of carbonyl (C=O) groups is 3. The van der Waals surface area contributed by atoms with Crippen LogP contribution in [-0.2, 0) is 28.5 Å². The Morgan fingerprint density at radius 1 is 0.810 bits per heavy atom. The van der Waals surface area contributed by atoms with Gasteiger partial charge in [-0.2, -0.15) is 0 Å². The number of fused-ring (bicyclic) bond motifs is 1. The van der Waals surface area contributed by atoms with Crippen molar-refractivity contribution >= 4 is 29.5 Å². The van der Waals surface area contributed by atoms with Crippen LogP contribution in [0.5, 0.6) is 0 Å². The molecule has 2 aromatic carbocycles. The van der Waals surface area contributed by atoms with Crippen molar-refractivity contribution in [3.8, 4) is 33.6 Å². The van der Waals surface area contributed by atoms with Gasteiger partial charge in [0.05, 0.1) is 50.3 Å². The number of nitrogens with one attached hydrogen (secondary N) is 4. The Morgan fingerprint density at radius 2 is 1.44 bits per heavy atom. The summed E-state index contributed by atoms with van der Waals surface area (Å²) in [6.07, 6.45) is 6.49. The number of halogens is 1. The summed E-state index contributed by atoms with van der Waals surface area (Å²) in [6.45, 7) is 4.20. The number of imidazole rings is 2. The van der Waals surface area contributed by atoms with E-state index in [1.807, 2.05) is 59.3 Å². The van der Waals surface area contributed by atoms with Crippen LogP contribution in [0.15, 0.2) is 54.7 Å². The molecule has 5 N–H and O–H groups in total. The highest BCUT2D eigenvalue weighted by molar-refractivity contribution is 6.31. The lowest BCUT2D eigenvalue weighted by atomic mass is 9.92. The van der Waals surface area contributed by atoms with Crippen molar-refractivity contribution in [2.45, 2.75) is 101 Å². The zero-order valence-electron chi connectivity index (χ0n) is 35.9. The molecule has 5 fully saturated rings. The summed E-state index contributed by atoms with van der Waals surface area (Å²) in [6, 6.07) is 14.5. The standard InChI is InChI=1S/C46H57ClN8O8/c1-25-8-17-34(54(25)43(56)38(51-45(58)60-2)30-6-4-18-62-23-30)41-48-22-33(49-41)28-13-9-26(10-14-28)27-11-15-29(16-12-27)37-40(47)53-42(50-37)36-21-32-20-35(32)55(36)44(57)39(52-46(59)61-3)31-7-5-19-63-24-31/h9-16,22,25,30-32,34-36,38-39,46,52,59H,4-8,17-21,23-24H2,1-3H3,(H,48,49)(H,50,53)(H,51,58)/t25-,30-,31?,32-,34+,35?,36+,38+,39+,46?/m1/s1. The lowest BCUT2D eigenvalue weighted by molar-refractivity contribution is -0.149. The monoisotopic (exact) mass is 884 g/mol. The van der Waals surface area contributed by atoms with E-state index in [0.717, 1.165) is 79.3 Å². The average molecular weight is 885 g/mol. The van der Waals surface area contributed by atoms with Crippen molar-refractivity contribution in [3.05, 3.63) is 71.5 Å². The number of aliphatic hydroxyl groups is 1. The quantitative estimate of drug-likeness (QED) is 0.0995. The smallest absolute Gasteiger partial charge is 0.407 e. The molecule has 4 aliphatic heterocycles.